The predicted octanol–water partition coefficient (Wildman–Crippen LogP) is 3.21. The van der Waals surface area contributed by atoms with E-state index in [-0.39, 0.29) is 12.1 Å². The van der Waals surface area contributed by atoms with Crippen LogP contribution in [0.3, 0.4) is 0 Å². The second-order valence-electron chi connectivity index (χ2n) is 6.85. The first kappa shape index (κ1) is 16.6. The van der Waals surface area contributed by atoms with E-state index in [9.17, 15) is 4.79 Å². The maximum Gasteiger partial charge on any atom is 0.315 e. The van der Waals surface area contributed by atoms with Crippen LogP contribution in [0, 0.1) is 0 Å². The molecule has 0 unspecified atom stereocenters. The molecule has 26 heavy (non-hydrogen) atoms. The van der Waals surface area contributed by atoms with E-state index in [0.29, 0.717) is 12.5 Å². The standard InChI is InChI=1S/C20H23N5O/c1-14(19-24-23-18-11-4-5-12-25(18)19)22-20(26)21-13-16-9-6-8-15-7-2-3-10-17(15)16/h2-5,7,10-12,14,16H,6,8-9,13H2,1H3,(H2,21,22,26)/t14-,16+/m0/s1. The van der Waals surface area contributed by atoms with Gasteiger partial charge in [-0.15, -0.1) is 10.2 Å². The molecule has 0 spiro atoms. The molecule has 4 rings (SSSR count). The highest BCUT2D eigenvalue weighted by molar-refractivity contribution is 5.74. The van der Waals surface area contributed by atoms with Crippen LogP contribution in [0.25, 0.3) is 5.65 Å². The van der Waals surface area contributed by atoms with Gasteiger partial charge in [-0.2, -0.15) is 0 Å². The highest BCUT2D eigenvalue weighted by Gasteiger charge is 2.21. The first-order valence-electron chi connectivity index (χ1n) is 9.14. The van der Waals surface area contributed by atoms with Gasteiger partial charge in [0.2, 0.25) is 0 Å². The lowest BCUT2D eigenvalue weighted by Gasteiger charge is -2.26. The number of nitrogens with zero attached hydrogens (tertiary/aromatic N) is 3. The Balaban J connectivity index is 1.37. The summed E-state index contributed by atoms with van der Waals surface area (Å²) >= 11 is 0. The minimum absolute atomic E-state index is 0.173. The summed E-state index contributed by atoms with van der Waals surface area (Å²) in [6.07, 6.45) is 5.32. The second-order valence-corrected chi connectivity index (χ2v) is 6.85. The van der Waals surface area contributed by atoms with Gasteiger partial charge < -0.3 is 10.6 Å². The first-order valence-corrected chi connectivity index (χ1v) is 9.14. The van der Waals surface area contributed by atoms with Crippen molar-refractivity contribution in [2.45, 2.75) is 38.1 Å². The summed E-state index contributed by atoms with van der Waals surface area (Å²) < 4.78 is 1.89. The van der Waals surface area contributed by atoms with Crippen molar-refractivity contribution in [3.63, 3.8) is 0 Å². The second kappa shape index (κ2) is 7.15. The van der Waals surface area contributed by atoms with Gasteiger partial charge in [-0.05, 0) is 49.4 Å². The molecule has 1 aliphatic rings. The number of aryl methyl sites for hydroxylation is 1. The molecule has 0 radical (unpaired) electrons. The third-order valence-electron chi connectivity index (χ3n) is 5.08. The summed E-state index contributed by atoms with van der Waals surface area (Å²) in [5, 5.41) is 14.3. The molecule has 3 aromatic rings. The van der Waals surface area contributed by atoms with E-state index in [2.05, 4.69) is 45.1 Å². The number of carbonyl (C=O) groups is 1. The summed E-state index contributed by atoms with van der Waals surface area (Å²) in [4.78, 5) is 12.4. The number of hydrogen-bond donors (Lipinski definition) is 2. The average molecular weight is 349 g/mol. The van der Waals surface area contributed by atoms with E-state index in [1.54, 1.807) is 0 Å². The molecule has 0 saturated heterocycles. The lowest BCUT2D eigenvalue weighted by atomic mass is 9.83. The Morgan fingerprint density at radius 3 is 3.00 bits per heavy atom. The highest BCUT2D eigenvalue weighted by Crippen LogP contribution is 2.30. The van der Waals surface area contributed by atoms with E-state index in [1.165, 1.54) is 17.5 Å². The van der Waals surface area contributed by atoms with Gasteiger partial charge in [0.05, 0.1) is 6.04 Å². The predicted molar refractivity (Wildman–Crippen MR) is 100 cm³/mol. The molecule has 6 nitrogen and oxygen atoms in total. The SMILES string of the molecule is C[C@H](NC(=O)NC[C@H]1CCCc2ccccc21)c1nnc2ccccn12. The summed E-state index contributed by atoms with van der Waals surface area (Å²) in [7, 11) is 0. The number of carbonyl (C=O) groups excluding carboxylic acids is 1. The van der Waals surface area contributed by atoms with Crippen LogP contribution in [-0.4, -0.2) is 27.2 Å². The third kappa shape index (κ3) is 3.27. The highest BCUT2D eigenvalue weighted by atomic mass is 16.2. The fraction of sp³-hybridized carbons (Fsp3) is 0.350. The van der Waals surface area contributed by atoms with Crippen LogP contribution in [0.5, 0.6) is 0 Å². The number of amides is 2. The largest absolute Gasteiger partial charge is 0.338 e. The molecule has 6 heteroatoms. The zero-order chi connectivity index (χ0) is 17.9. The van der Waals surface area contributed by atoms with Crippen LogP contribution in [-0.2, 0) is 6.42 Å². The number of benzene rings is 1. The van der Waals surface area contributed by atoms with Crippen molar-refractivity contribution < 1.29 is 4.79 Å². The smallest absolute Gasteiger partial charge is 0.315 e. The first-order chi connectivity index (χ1) is 12.7. The number of pyridine rings is 1. The number of nitrogens with one attached hydrogen (secondary N) is 2. The molecule has 1 aliphatic carbocycles. The third-order valence-corrected chi connectivity index (χ3v) is 5.08. The van der Waals surface area contributed by atoms with Gasteiger partial charge >= 0.3 is 6.03 Å². The molecule has 1 aromatic carbocycles. The van der Waals surface area contributed by atoms with Gasteiger partial charge in [0.1, 0.15) is 0 Å². The Labute approximate surface area is 152 Å². The van der Waals surface area contributed by atoms with Crippen molar-refractivity contribution in [1.82, 2.24) is 25.2 Å². The Morgan fingerprint density at radius 1 is 1.23 bits per heavy atom. The lowest BCUT2D eigenvalue weighted by molar-refractivity contribution is 0.236. The van der Waals surface area contributed by atoms with Crippen molar-refractivity contribution in [1.29, 1.82) is 0 Å². The number of fused-ring (bicyclic) bond motifs is 2. The molecule has 0 saturated carbocycles. The van der Waals surface area contributed by atoms with E-state index in [4.69, 9.17) is 0 Å². The summed E-state index contributed by atoms with van der Waals surface area (Å²) in [6.45, 7) is 2.56. The van der Waals surface area contributed by atoms with Crippen molar-refractivity contribution in [3.05, 3.63) is 65.6 Å². The Morgan fingerprint density at radius 2 is 2.08 bits per heavy atom. The molecule has 2 atom stereocenters. The molecular formula is C20H23N5O. The van der Waals surface area contributed by atoms with Crippen molar-refractivity contribution >= 4 is 11.7 Å². The fourth-order valence-corrected chi connectivity index (χ4v) is 3.75. The zero-order valence-corrected chi connectivity index (χ0v) is 14.9. The van der Waals surface area contributed by atoms with Crippen LogP contribution in [0.2, 0.25) is 0 Å². The van der Waals surface area contributed by atoms with E-state index in [1.807, 2.05) is 35.7 Å². The normalized spacial score (nSPS) is 17.5. The zero-order valence-electron chi connectivity index (χ0n) is 14.9. The van der Waals surface area contributed by atoms with Crippen LogP contribution < -0.4 is 10.6 Å². The average Bonchev–Trinajstić information content (AvgIpc) is 3.10. The summed E-state index contributed by atoms with van der Waals surface area (Å²) in [5.41, 5.74) is 3.56. The molecule has 2 aromatic heterocycles. The number of aromatic nitrogens is 3. The lowest BCUT2D eigenvalue weighted by Crippen LogP contribution is -2.40. The molecule has 2 N–H and O–H groups in total. The quantitative estimate of drug-likeness (QED) is 0.760. The topological polar surface area (TPSA) is 71.3 Å². The number of urea groups is 1. The molecule has 2 heterocycles. The molecular weight excluding hydrogens is 326 g/mol. The van der Waals surface area contributed by atoms with Crippen LogP contribution in [0.4, 0.5) is 4.79 Å². The van der Waals surface area contributed by atoms with Crippen molar-refractivity contribution in [2.75, 3.05) is 6.54 Å². The molecule has 0 bridgehead atoms. The van der Waals surface area contributed by atoms with Gasteiger partial charge in [-0.3, -0.25) is 4.40 Å². The Bertz CT molecular complexity index is 919. The molecule has 0 fully saturated rings. The van der Waals surface area contributed by atoms with Crippen LogP contribution in [0.1, 0.15) is 48.7 Å². The van der Waals surface area contributed by atoms with Crippen LogP contribution in [0.15, 0.2) is 48.7 Å². The van der Waals surface area contributed by atoms with Gasteiger partial charge in [0, 0.05) is 18.7 Å². The van der Waals surface area contributed by atoms with Gasteiger partial charge in [0.25, 0.3) is 0 Å². The van der Waals surface area contributed by atoms with E-state index < -0.39 is 0 Å². The van der Waals surface area contributed by atoms with E-state index >= 15 is 0 Å². The van der Waals surface area contributed by atoms with Gasteiger partial charge in [0.15, 0.2) is 11.5 Å². The Hall–Kier alpha value is -2.89. The monoisotopic (exact) mass is 349 g/mol. The molecule has 134 valence electrons. The molecule has 0 aliphatic heterocycles. The summed E-state index contributed by atoms with van der Waals surface area (Å²) in [5.74, 6) is 1.11. The Kier molecular flexibility index (Phi) is 4.56. The minimum Gasteiger partial charge on any atom is -0.338 e. The molecule has 2 amide bonds. The van der Waals surface area contributed by atoms with Crippen molar-refractivity contribution in [2.24, 2.45) is 0 Å². The van der Waals surface area contributed by atoms with E-state index in [0.717, 1.165) is 24.3 Å². The maximum atomic E-state index is 12.4. The van der Waals surface area contributed by atoms with Gasteiger partial charge in [-0.25, -0.2) is 4.79 Å². The summed E-state index contributed by atoms with van der Waals surface area (Å²) in [6, 6.07) is 13.9. The maximum absolute atomic E-state index is 12.4. The van der Waals surface area contributed by atoms with Crippen molar-refractivity contribution in [3.8, 4) is 0 Å². The number of hydrogen-bond acceptors (Lipinski definition) is 3. The minimum atomic E-state index is -0.231. The van der Waals surface area contributed by atoms with Gasteiger partial charge in [-0.1, -0.05) is 30.3 Å². The van der Waals surface area contributed by atoms with Crippen LogP contribution >= 0.6 is 0 Å². The number of rotatable bonds is 4. The fourth-order valence-electron chi connectivity index (χ4n) is 3.75.